The van der Waals surface area contributed by atoms with Crippen LogP contribution in [0.2, 0.25) is 0 Å². The first-order valence-electron chi connectivity index (χ1n) is 13.7. The molecule has 0 aromatic heterocycles. The molecule has 1 heterocycles. The molecule has 4 aliphatic rings. The lowest BCUT2D eigenvalue weighted by atomic mass is 9.44. The van der Waals surface area contributed by atoms with E-state index in [2.05, 4.69) is 32.7 Å². The van der Waals surface area contributed by atoms with Gasteiger partial charge in [0.1, 0.15) is 11.9 Å². The molecule has 7 nitrogen and oxygen atoms in total. The molecule has 0 unspecified atom stereocenters. The number of amides is 1. The van der Waals surface area contributed by atoms with Crippen LogP contribution in [0.4, 0.5) is 4.79 Å². The third-order valence-electron chi connectivity index (χ3n) is 10.9. The van der Waals surface area contributed by atoms with Gasteiger partial charge in [-0.1, -0.05) is 52.0 Å². The molecule has 3 aliphatic carbocycles. The predicted molar refractivity (Wildman–Crippen MR) is 141 cm³/mol. The smallest absolute Gasteiger partial charge is 0.446 e. The third kappa shape index (κ3) is 3.98. The van der Waals surface area contributed by atoms with Crippen molar-refractivity contribution >= 4 is 24.5 Å². The number of Topliss-reactive ketones (excluding diaryl/α,β-unsaturated/α-hetero) is 1. The van der Waals surface area contributed by atoms with Gasteiger partial charge in [0.25, 0.3) is 0 Å². The Bertz CT molecular complexity index is 1110. The quantitative estimate of drug-likeness (QED) is 0.424. The minimum Gasteiger partial charge on any atom is -0.446 e. The van der Waals surface area contributed by atoms with Gasteiger partial charge in [-0.05, 0) is 59.5 Å². The van der Waals surface area contributed by atoms with Crippen LogP contribution in [0.5, 0.6) is 0 Å². The molecule has 1 aromatic rings. The molecule has 0 spiro atoms. The summed E-state index contributed by atoms with van der Waals surface area (Å²) in [6.07, 6.45) is 3.53. The van der Waals surface area contributed by atoms with E-state index in [-0.39, 0.29) is 35.5 Å². The minimum absolute atomic E-state index is 0.0623. The number of ketones is 1. The Morgan fingerprint density at radius 1 is 1.32 bits per heavy atom. The highest BCUT2D eigenvalue weighted by Crippen LogP contribution is 2.67. The fourth-order valence-corrected chi connectivity index (χ4v) is 8.22. The number of fused-ring (bicyclic) bond motifs is 1. The standard InChI is InChI=1S/C29H40BNO6/c1-6-27(4)14-23(37-26(34)31-15-19-7-8-20-16-36-30(35)21(20)13-19)28(5)17(2)9-11-29(18(3)25(27)33)12-10-22(32)24(28)29/h6-8,13,17-18,23-25,33,35H,1,9-12,14-16H2,2-5H3,(H,31,34)/t17-,18+,23-,24+,25+,27-,28+,29+/m1/s1. The Balaban J connectivity index is 1.43. The van der Waals surface area contributed by atoms with Crippen LogP contribution >= 0.6 is 0 Å². The predicted octanol–water partition coefficient (Wildman–Crippen LogP) is 3.49. The second-order valence-electron chi connectivity index (χ2n) is 12.5. The molecule has 1 aliphatic heterocycles. The van der Waals surface area contributed by atoms with Crippen LogP contribution in [0.1, 0.15) is 70.9 Å². The number of carbonyl (C=O) groups is 2. The van der Waals surface area contributed by atoms with Crippen LogP contribution in [-0.4, -0.2) is 41.3 Å². The summed E-state index contributed by atoms with van der Waals surface area (Å²) in [5.41, 5.74) is 0.985. The molecule has 37 heavy (non-hydrogen) atoms. The summed E-state index contributed by atoms with van der Waals surface area (Å²) in [6, 6.07) is 5.64. The highest BCUT2D eigenvalue weighted by molar-refractivity contribution is 6.61. The maximum Gasteiger partial charge on any atom is 0.491 e. The van der Waals surface area contributed by atoms with E-state index >= 15 is 0 Å². The molecule has 3 saturated carbocycles. The molecule has 3 N–H and O–H groups in total. The zero-order valence-corrected chi connectivity index (χ0v) is 22.5. The maximum atomic E-state index is 13.5. The lowest BCUT2D eigenvalue weighted by Gasteiger charge is -2.61. The van der Waals surface area contributed by atoms with Crippen molar-refractivity contribution in [1.29, 1.82) is 0 Å². The van der Waals surface area contributed by atoms with E-state index in [1.165, 1.54) is 0 Å². The molecule has 8 atom stereocenters. The number of hydrogen-bond acceptors (Lipinski definition) is 6. The van der Waals surface area contributed by atoms with E-state index in [0.29, 0.717) is 19.4 Å². The average molecular weight is 509 g/mol. The number of rotatable bonds is 4. The average Bonchev–Trinajstić information content (AvgIpc) is 3.43. The van der Waals surface area contributed by atoms with Gasteiger partial charge in [-0.25, -0.2) is 4.79 Å². The van der Waals surface area contributed by atoms with Crippen molar-refractivity contribution in [2.45, 2.75) is 85.2 Å². The molecule has 2 bridgehead atoms. The van der Waals surface area contributed by atoms with Crippen LogP contribution in [0.25, 0.3) is 0 Å². The molecule has 8 heteroatoms. The molecule has 0 radical (unpaired) electrons. The fourth-order valence-electron chi connectivity index (χ4n) is 8.22. The van der Waals surface area contributed by atoms with Gasteiger partial charge in [-0.3, -0.25) is 4.79 Å². The Morgan fingerprint density at radius 2 is 2.08 bits per heavy atom. The molecule has 1 aromatic carbocycles. The summed E-state index contributed by atoms with van der Waals surface area (Å²) < 4.78 is 11.5. The summed E-state index contributed by atoms with van der Waals surface area (Å²) in [7, 11) is -0.945. The van der Waals surface area contributed by atoms with E-state index in [4.69, 9.17) is 9.39 Å². The van der Waals surface area contributed by atoms with Crippen molar-refractivity contribution in [2.24, 2.45) is 34.0 Å². The number of ether oxygens (including phenoxy) is 1. The van der Waals surface area contributed by atoms with Crippen LogP contribution in [-0.2, 0) is 27.3 Å². The minimum atomic E-state index is -0.945. The van der Waals surface area contributed by atoms with Crippen molar-refractivity contribution in [3.8, 4) is 0 Å². The van der Waals surface area contributed by atoms with E-state index in [1.807, 2.05) is 25.1 Å². The Kier molecular flexibility index (Phi) is 6.61. The van der Waals surface area contributed by atoms with Gasteiger partial charge in [-0.15, -0.1) is 6.58 Å². The summed E-state index contributed by atoms with van der Waals surface area (Å²) in [4.78, 5) is 26.7. The van der Waals surface area contributed by atoms with Crippen LogP contribution in [0, 0.1) is 34.0 Å². The lowest BCUT2D eigenvalue weighted by Crippen LogP contribution is -2.63. The van der Waals surface area contributed by atoms with Crippen molar-refractivity contribution in [1.82, 2.24) is 5.32 Å². The zero-order chi connectivity index (χ0) is 26.8. The SMILES string of the molecule is C=C[C@]1(C)C[C@@H](OC(=O)NCc2ccc3c(c2)B(O)OC3)[C@]2(C)[C@H](C)CC[C@]3(CCC(=O)[C@H]32)[C@@H](C)[C@@H]1O. The van der Waals surface area contributed by atoms with Gasteiger partial charge < -0.3 is 24.8 Å². The van der Waals surface area contributed by atoms with Gasteiger partial charge in [0, 0.05) is 29.7 Å². The van der Waals surface area contributed by atoms with Crippen LogP contribution < -0.4 is 10.8 Å². The highest BCUT2D eigenvalue weighted by atomic mass is 16.6. The van der Waals surface area contributed by atoms with E-state index in [1.54, 1.807) is 6.08 Å². The third-order valence-corrected chi connectivity index (χ3v) is 10.9. The van der Waals surface area contributed by atoms with Gasteiger partial charge in [0.05, 0.1) is 12.7 Å². The highest BCUT2D eigenvalue weighted by Gasteiger charge is 2.68. The summed E-state index contributed by atoms with van der Waals surface area (Å²) in [5, 5.41) is 24.5. The number of aliphatic hydroxyl groups is 1. The summed E-state index contributed by atoms with van der Waals surface area (Å²) in [6.45, 7) is 13.1. The Hall–Kier alpha value is -2.16. The molecule has 200 valence electrons. The fraction of sp³-hybridized carbons (Fsp3) is 0.655. The number of carbonyl (C=O) groups excluding carboxylic acids is 2. The van der Waals surface area contributed by atoms with Crippen LogP contribution in [0.3, 0.4) is 0 Å². The lowest BCUT2D eigenvalue weighted by molar-refractivity contribution is -0.191. The molecular formula is C29H40BNO6. The number of nitrogens with one attached hydrogen (secondary N) is 1. The van der Waals surface area contributed by atoms with Gasteiger partial charge in [-0.2, -0.15) is 0 Å². The van der Waals surface area contributed by atoms with Crippen molar-refractivity contribution in [3.63, 3.8) is 0 Å². The second-order valence-corrected chi connectivity index (χ2v) is 12.5. The Labute approximate surface area is 220 Å². The number of hydrogen-bond donors (Lipinski definition) is 3. The van der Waals surface area contributed by atoms with Gasteiger partial charge in [0.2, 0.25) is 0 Å². The van der Waals surface area contributed by atoms with Gasteiger partial charge >= 0.3 is 13.2 Å². The molecule has 1 amide bonds. The monoisotopic (exact) mass is 509 g/mol. The van der Waals surface area contributed by atoms with E-state index < -0.39 is 36.2 Å². The zero-order valence-electron chi connectivity index (χ0n) is 22.5. The van der Waals surface area contributed by atoms with Crippen molar-refractivity contribution in [2.75, 3.05) is 0 Å². The largest absolute Gasteiger partial charge is 0.491 e. The topological polar surface area (TPSA) is 105 Å². The molecule has 3 fully saturated rings. The normalized spacial score (nSPS) is 40.9. The van der Waals surface area contributed by atoms with E-state index in [9.17, 15) is 19.7 Å². The molecular weight excluding hydrogens is 469 g/mol. The van der Waals surface area contributed by atoms with Gasteiger partial charge in [0.15, 0.2) is 0 Å². The van der Waals surface area contributed by atoms with Crippen molar-refractivity contribution < 1.29 is 29.1 Å². The van der Waals surface area contributed by atoms with Crippen LogP contribution in [0.15, 0.2) is 30.9 Å². The first-order valence-corrected chi connectivity index (χ1v) is 13.7. The maximum absolute atomic E-state index is 13.5. The number of benzene rings is 1. The number of alkyl carbamates (subject to hydrolysis) is 1. The number of aliphatic hydroxyl groups excluding tert-OH is 1. The van der Waals surface area contributed by atoms with Crippen molar-refractivity contribution in [3.05, 3.63) is 42.0 Å². The first-order chi connectivity index (χ1) is 17.5. The van der Waals surface area contributed by atoms with E-state index in [0.717, 1.165) is 35.9 Å². The Morgan fingerprint density at radius 3 is 2.81 bits per heavy atom. The molecule has 0 saturated heterocycles. The summed E-state index contributed by atoms with van der Waals surface area (Å²) >= 11 is 0. The molecule has 5 rings (SSSR count). The second kappa shape index (κ2) is 9.24. The summed E-state index contributed by atoms with van der Waals surface area (Å²) in [5.74, 6) is 0.106. The first kappa shape index (κ1) is 26.5.